The molecule has 1 fully saturated rings. The summed E-state index contributed by atoms with van der Waals surface area (Å²) in [5.74, 6) is 0.276. The highest BCUT2D eigenvalue weighted by Crippen LogP contribution is 2.26. The molecule has 0 spiro atoms. The van der Waals surface area contributed by atoms with Crippen molar-refractivity contribution in [3.8, 4) is 0 Å². The van der Waals surface area contributed by atoms with Crippen molar-refractivity contribution in [1.29, 1.82) is 0 Å². The molecule has 2 rings (SSSR count). The summed E-state index contributed by atoms with van der Waals surface area (Å²) in [5.41, 5.74) is 0. The fourth-order valence-corrected chi connectivity index (χ4v) is 1.97. The van der Waals surface area contributed by atoms with Crippen LogP contribution in [0.2, 0.25) is 0 Å². The molecule has 0 bridgehead atoms. The maximum atomic E-state index is 13.5. The lowest BCUT2D eigenvalue weighted by Gasteiger charge is -2.20. The number of aromatic nitrogens is 2. The molecule has 0 radical (unpaired) electrons. The average Bonchev–Trinajstić information content (AvgIpc) is 3.21. The van der Waals surface area contributed by atoms with Crippen molar-refractivity contribution in [3.05, 3.63) is 12.0 Å². The molecule has 2 N–H and O–H groups in total. The molecule has 0 aromatic carbocycles. The van der Waals surface area contributed by atoms with Crippen LogP contribution in [0.1, 0.15) is 19.8 Å². The minimum Gasteiger partial charge on any atom is -0.366 e. The summed E-state index contributed by atoms with van der Waals surface area (Å²) in [6.07, 6.45) is 3.76. The number of likely N-dealkylation sites (N-methyl/N-ethyl adjacent to an activating group) is 1. The molecule has 0 saturated heterocycles. The number of nitrogens with zero attached hydrogens (tertiary/aromatic N) is 3. The fraction of sp³-hybridized carbons (Fsp3) is 0.667. The molecule has 0 amide bonds. The van der Waals surface area contributed by atoms with Crippen LogP contribution in [0.5, 0.6) is 0 Å². The summed E-state index contributed by atoms with van der Waals surface area (Å²) in [6, 6.07) is 0.736. The van der Waals surface area contributed by atoms with E-state index in [0.717, 1.165) is 19.1 Å². The Morgan fingerprint density at radius 1 is 1.50 bits per heavy atom. The quantitative estimate of drug-likeness (QED) is 0.772. The molecule has 0 unspecified atom stereocenters. The molecule has 1 aliphatic carbocycles. The first-order valence-electron chi connectivity index (χ1n) is 6.42. The summed E-state index contributed by atoms with van der Waals surface area (Å²) in [7, 11) is 1.71. The van der Waals surface area contributed by atoms with Crippen LogP contribution < -0.4 is 10.6 Å². The predicted octanol–water partition coefficient (Wildman–Crippen LogP) is 1.55. The Kier molecular flexibility index (Phi) is 4.30. The molecule has 1 aromatic rings. The van der Waals surface area contributed by atoms with E-state index in [4.69, 9.17) is 0 Å². The van der Waals surface area contributed by atoms with Crippen molar-refractivity contribution in [1.82, 2.24) is 14.9 Å². The summed E-state index contributed by atoms with van der Waals surface area (Å²) in [5, 5.41) is 5.82. The largest absolute Gasteiger partial charge is 0.366 e. The second-order valence-corrected chi connectivity index (χ2v) is 4.43. The fourth-order valence-electron chi connectivity index (χ4n) is 1.97. The Balaban J connectivity index is 1.85. The standard InChI is InChI=1S/C12H20FN5/c1-3-18(9-4-5-9)7-6-15-11-10(13)8-16-12(14-2)17-11/h8-9H,3-7H2,1-2H3,(H2,14,15,16,17). The van der Waals surface area contributed by atoms with Crippen molar-refractivity contribution < 1.29 is 4.39 Å². The number of rotatable bonds is 7. The van der Waals surface area contributed by atoms with Gasteiger partial charge in [-0.25, -0.2) is 9.37 Å². The van der Waals surface area contributed by atoms with E-state index in [1.54, 1.807) is 7.05 Å². The van der Waals surface area contributed by atoms with Crippen LogP contribution in [0.4, 0.5) is 16.2 Å². The van der Waals surface area contributed by atoms with E-state index < -0.39 is 5.82 Å². The zero-order chi connectivity index (χ0) is 13.0. The van der Waals surface area contributed by atoms with Gasteiger partial charge in [0.1, 0.15) is 0 Å². The van der Waals surface area contributed by atoms with Crippen LogP contribution in [-0.4, -0.2) is 47.6 Å². The molecule has 1 heterocycles. The van der Waals surface area contributed by atoms with Crippen LogP contribution >= 0.6 is 0 Å². The minimum atomic E-state index is -0.413. The Hall–Kier alpha value is -1.43. The first kappa shape index (κ1) is 13.0. The Morgan fingerprint density at radius 2 is 2.28 bits per heavy atom. The SMILES string of the molecule is CCN(CCNc1nc(NC)ncc1F)C1CC1. The van der Waals surface area contributed by atoms with Gasteiger partial charge in [0.2, 0.25) is 5.95 Å². The van der Waals surface area contributed by atoms with Gasteiger partial charge in [0.15, 0.2) is 11.6 Å². The molecular formula is C12H20FN5. The van der Waals surface area contributed by atoms with Crippen LogP contribution in [-0.2, 0) is 0 Å². The van der Waals surface area contributed by atoms with Crippen molar-refractivity contribution >= 4 is 11.8 Å². The number of anilines is 2. The summed E-state index contributed by atoms with van der Waals surface area (Å²) < 4.78 is 13.5. The van der Waals surface area contributed by atoms with Crippen molar-refractivity contribution in [2.24, 2.45) is 0 Å². The third-order valence-corrected chi connectivity index (χ3v) is 3.13. The highest BCUT2D eigenvalue weighted by Gasteiger charge is 2.27. The first-order valence-corrected chi connectivity index (χ1v) is 6.42. The number of halogens is 1. The molecule has 100 valence electrons. The molecule has 1 saturated carbocycles. The van der Waals surface area contributed by atoms with Gasteiger partial charge in [-0.3, -0.25) is 4.90 Å². The third-order valence-electron chi connectivity index (χ3n) is 3.13. The summed E-state index contributed by atoms with van der Waals surface area (Å²) >= 11 is 0. The van der Waals surface area contributed by atoms with Crippen LogP contribution in [0, 0.1) is 5.82 Å². The predicted molar refractivity (Wildman–Crippen MR) is 70.3 cm³/mol. The highest BCUT2D eigenvalue weighted by molar-refractivity contribution is 5.40. The number of nitrogens with one attached hydrogen (secondary N) is 2. The lowest BCUT2D eigenvalue weighted by molar-refractivity contribution is 0.289. The van der Waals surface area contributed by atoms with Gasteiger partial charge >= 0.3 is 0 Å². The van der Waals surface area contributed by atoms with E-state index in [-0.39, 0.29) is 5.82 Å². The average molecular weight is 253 g/mol. The van der Waals surface area contributed by atoms with Crippen molar-refractivity contribution in [2.45, 2.75) is 25.8 Å². The van der Waals surface area contributed by atoms with Crippen LogP contribution in [0.3, 0.4) is 0 Å². The number of hydrogen-bond acceptors (Lipinski definition) is 5. The van der Waals surface area contributed by atoms with Gasteiger partial charge in [-0.15, -0.1) is 0 Å². The monoisotopic (exact) mass is 253 g/mol. The maximum Gasteiger partial charge on any atom is 0.224 e. The topological polar surface area (TPSA) is 53.1 Å². The lowest BCUT2D eigenvalue weighted by Crippen LogP contribution is -2.31. The Bertz CT molecular complexity index is 394. The molecule has 0 atom stereocenters. The van der Waals surface area contributed by atoms with Gasteiger partial charge in [0, 0.05) is 26.2 Å². The van der Waals surface area contributed by atoms with Crippen molar-refractivity contribution in [3.63, 3.8) is 0 Å². The van der Waals surface area contributed by atoms with Gasteiger partial charge in [0.25, 0.3) is 0 Å². The molecule has 6 heteroatoms. The minimum absolute atomic E-state index is 0.265. The second kappa shape index (κ2) is 5.95. The highest BCUT2D eigenvalue weighted by atomic mass is 19.1. The van der Waals surface area contributed by atoms with Crippen molar-refractivity contribution in [2.75, 3.05) is 37.3 Å². The zero-order valence-electron chi connectivity index (χ0n) is 10.9. The lowest BCUT2D eigenvalue weighted by atomic mass is 10.4. The van der Waals surface area contributed by atoms with Gasteiger partial charge in [-0.2, -0.15) is 4.98 Å². The normalized spacial score (nSPS) is 14.9. The van der Waals surface area contributed by atoms with E-state index in [0.29, 0.717) is 12.5 Å². The molecule has 0 aliphatic heterocycles. The molecule has 1 aliphatic rings. The van der Waals surface area contributed by atoms with E-state index in [1.165, 1.54) is 19.0 Å². The Morgan fingerprint density at radius 3 is 2.89 bits per heavy atom. The van der Waals surface area contributed by atoms with Gasteiger partial charge < -0.3 is 10.6 Å². The molecule has 1 aromatic heterocycles. The second-order valence-electron chi connectivity index (χ2n) is 4.43. The van der Waals surface area contributed by atoms with E-state index >= 15 is 0 Å². The smallest absolute Gasteiger partial charge is 0.224 e. The van der Waals surface area contributed by atoms with E-state index in [2.05, 4.69) is 32.4 Å². The van der Waals surface area contributed by atoms with E-state index in [1.807, 2.05) is 0 Å². The van der Waals surface area contributed by atoms with Gasteiger partial charge in [-0.05, 0) is 19.4 Å². The molecule has 18 heavy (non-hydrogen) atoms. The van der Waals surface area contributed by atoms with Gasteiger partial charge in [0.05, 0.1) is 6.20 Å². The first-order chi connectivity index (χ1) is 8.74. The Labute approximate surface area is 107 Å². The zero-order valence-corrected chi connectivity index (χ0v) is 10.9. The molecular weight excluding hydrogens is 233 g/mol. The van der Waals surface area contributed by atoms with Crippen LogP contribution in [0.25, 0.3) is 0 Å². The van der Waals surface area contributed by atoms with Gasteiger partial charge in [-0.1, -0.05) is 6.92 Å². The molecule has 5 nitrogen and oxygen atoms in total. The summed E-state index contributed by atoms with van der Waals surface area (Å²) in [6.45, 7) is 4.81. The van der Waals surface area contributed by atoms with Crippen LogP contribution in [0.15, 0.2) is 6.20 Å². The van der Waals surface area contributed by atoms with E-state index in [9.17, 15) is 4.39 Å². The number of hydrogen-bond donors (Lipinski definition) is 2. The summed E-state index contributed by atoms with van der Waals surface area (Å²) in [4.78, 5) is 10.3. The third kappa shape index (κ3) is 3.29. The maximum absolute atomic E-state index is 13.5.